The van der Waals surface area contributed by atoms with E-state index in [1.807, 2.05) is 0 Å². The van der Waals surface area contributed by atoms with Gasteiger partial charge >= 0.3 is 17.9 Å². The van der Waals surface area contributed by atoms with E-state index in [4.69, 9.17) is 9.47 Å². The molecule has 0 aromatic heterocycles. The molecule has 9 heteroatoms. The summed E-state index contributed by atoms with van der Waals surface area (Å²) >= 11 is 0. The molecule has 0 saturated heterocycles. The Kier molecular flexibility index (Phi) is 9.23. The Hall–Kier alpha value is -3.16. The molecule has 0 bridgehead atoms. The van der Waals surface area contributed by atoms with Gasteiger partial charge in [0, 0.05) is 12.5 Å². The van der Waals surface area contributed by atoms with E-state index < -0.39 is 39.6 Å². The summed E-state index contributed by atoms with van der Waals surface area (Å²) in [5.41, 5.74) is 0.362. The number of carbonyl (C=O) groups is 3. The molecule has 0 aliphatic rings. The van der Waals surface area contributed by atoms with Gasteiger partial charge in [-0.3, -0.25) is 9.59 Å². The quantitative estimate of drug-likeness (QED) is 0.181. The maximum Gasteiger partial charge on any atom is 0.330 e. The second-order valence-corrected chi connectivity index (χ2v) is 8.09. The third-order valence-electron chi connectivity index (χ3n) is 4.38. The molecule has 0 aliphatic heterocycles. The maximum absolute atomic E-state index is 13.0. The summed E-state index contributed by atoms with van der Waals surface area (Å²) in [6, 6.07) is 7.49. The molecular weight excluding hydrogens is 412 g/mol. The van der Waals surface area contributed by atoms with Crippen LogP contribution in [0.25, 0.3) is 0 Å². The molecule has 0 N–H and O–H groups in total. The summed E-state index contributed by atoms with van der Waals surface area (Å²) in [7, 11) is -0.723. The number of carbonyl (C=O) groups excluding carboxylic acids is 3. The monoisotopic (exact) mass is 436 g/mol. The first-order valence-corrected chi connectivity index (χ1v) is 10.3. The fourth-order valence-corrected chi connectivity index (χ4v) is 4.18. The van der Waals surface area contributed by atoms with E-state index in [1.54, 1.807) is 18.2 Å². The molecule has 1 rings (SSSR count). The fraction of sp³-hybridized carbons (Fsp3) is 0.333. The number of hydrogen-bond acceptors (Lipinski definition) is 8. The van der Waals surface area contributed by atoms with Gasteiger partial charge in [0.2, 0.25) is 9.84 Å². The van der Waals surface area contributed by atoms with Crippen LogP contribution in [0.5, 0.6) is 0 Å². The van der Waals surface area contributed by atoms with Crippen LogP contribution in [-0.2, 0) is 38.4 Å². The van der Waals surface area contributed by atoms with Crippen LogP contribution in [0.2, 0.25) is 0 Å². The highest BCUT2D eigenvalue weighted by Crippen LogP contribution is 2.38. The molecule has 162 valence electrons. The second-order valence-electron chi connectivity index (χ2n) is 6.12. The van der Waals surface area contributed by atoms with Crippen molar-refractivity contribution in [2.24, 2.45) is 5.41 Å². The minimum Gasteiger partial charge on any atom is -0.468 e. The zero-order valence-corrected chi connectivity index (χ0v) is 17.9. The first-order valence-electron chi connectivity index (χ1n) is 8.80. The summed E-state index contributed by atoms with van der Waals surface area (Å²) in [6.45, 7) is 3.42. The number of rotatable bonds is 10. The predicted octanol–water partition coefficient (Wildman–Crippen LogP) is 2.36. The van der Waals surface area contributed by atoms with Crippen molar-refractivity contribution >= 4 is 27.7 Å². The summed E-state index contributed by atoms with van der Waals surface area (Å²) in [6.07, 6.45) is 1.84. The molecule has 30 heavy (non-hydrogen) atoms. The number of esters is 3. The van der Waals surface area contributed by atoms with E-state index in [0.29, 0.717) is 0 Å². The van der Waals surface area contributed by atoms with Crippen molar-refractivity contribution < 1.29 is 37.0 Å². The number of hydrogen-bond donors (Lipinski definition) is 0. The van der Waals surface area contributed by atoms with Crippen LogP contribution in [0.3, 0.4) is 0 Å². The smallest absolute Gasteiger partial charge is 0.330 e. The highest BCUT2D eigenvalue weighted by atomic mass is 32.2. The number of allylic oxidation sites excluding steroid dienone is 2. The van der Waals surface area contributed by atoms with Crippen molar-refractivity contribution in [3.63, 3.8) is 0 Å². The van der Waals surface area contributed by atoms with Crippen molar-refractivity contribution in [2.75, 3.05) is 21.3 Å². The van der Waals surface area contributed by atoms with Crippen LogP contribution in [0, 0.1) is 5.41 Å². The lowest BCUT2D eigenvalue weighted by Gasteiger charge is -2.28. The molecule has 0 fully saturated rings. The van der Waals surface area contributed by atoms with E-state index in [1.165, 1.54) is 25.3 Å². The first kappa shape index (κ1) is 24.9. The molecule has 0 aliphatic carbocycles. The average Bonchev–Trinajstić information content (AvgIpc) is 2.77. The van der Waals surface area contributed by atoms with Gasteiger partial charge in [-0.2, -0.15) is 0 Å². The van der Waals surface area contributed by atoms with Crippen LogP contribution in [0.15, 0.2) is 64.6 Å². The van der Waals surface area contributed by atoms with Crippen LogP contribution >= 0.6 is 0 Å². The van der Waals surface area contributed by atoms with Crippen molar-refractivity contribution in [2.45, 2.75) is 24.2 Å². The Morgan fingerprint density at radius 3 is 2.07 bits per heavy atom. The first-order chi connectivity index (χ1) is 14.2. The maximum atomic E-state index is 13.0. The molecule has 0 unspecified atom stereocenters. The Bertz CT molecular complexity index is 938. The number of sulfone groups is 1. The Morgan fingerprint density at radius 2 is 1.60 bits per heavy atom. The summed E-state index contributed by atoms with van der Waals surface area (Å²) in [5, 5.41) is 0. The van der Waals surface area contributed by atoms with Crippen molar-refractivity contribution in [3.05, 3.63) is 59.7 Å². The third-order valence-corrected chi connectivity index (χ3v) is 6.21. The van der Waals surface area contributed by atoms with E-state index in [2.05, 4.69) is 17.0 Å². The lowest BCUT2D eigenvalue weighted by atomic mass is 9.79. The molecule has 0 saturated carbocycles. The average molecular weight is 436 g/mol. The van der Waals surface area contributed by atoms with Gasteiger partial charge in [-0.05, 0) is 25.0 Å². The standard InChI is InChI=1S/C21H24O8S/c1-5-16(30(25,26)17-11-7-6-8-12-17)15-21(19(23)28-3,20(24)29-4)14-10-9-13-18(22)27-2/h6-9,11-13H,1,10,14-15H2,2-4H3/b13-9+. The van der Waals surface area contributed by atoms with Gasteiger partial charge in [0.25, 0.3) is 0 Å². The number of benzene rings is 1. The lowest BCUT2D eigenvalue weighted by molar-refractivity contribution is -0.169. The molecule has 1 aromatic carbocycles. The fourth-order valence-electron chi connectivity index (χ4n) is 2.76. The molecule has 1 aromatic rings. The van der Waals surface area contributed by atoms with E-state index in [0.717, 1.165) is 20.3 Å². The van der Waals surface area contributed by atoms with Gasteiger partial charge in [-0.25, -0.2) is 13.2 Å². The Balaban J connectivity index is 3.40. The molecule has 8 nitrogen and oxygen atoms in total. The van der Waals surface area contributed by atoms with Gasteiger partial charge < -0.3 is 14.2 Å². The highest BCUT2D eigenvalue weighted by molar-refractivity contribution is 7.95. The van der Waals surface area contributed by atoms with Crippen molar-refractivity contribution in [1.29, 1.82) is 0 Å². The zero-order valence-electron chi connectivity index (χ0n) is 17.0. The Labute approximate surface area is 175 Å². The largest absolute Gasteiger partial charge is 0.468 e. The summed E-state index contributed by atoms with van der Waals surface area (Å²) in [5.74, 6) is -2.57. The summed E-state index contributed by atoms with van der Waals surface area (Å²) < 4.78 is 40.1. The van der Waals surface area contributed by atoms with Gasteiger partial charge in [0.15, 0.2) is 5.41 Å². The van der Waals surface area contributed by atoms with Crippen LogP contribution in [0.1, 0.15) is 19.3 Å². The summed E-state index contributed by atoms with van der Waals surface area (Å²) in [4.78, 5) is 36.1. The SMILES string of the molecule is C=C=C(CC(CC/C=C/C(=O)OC)(C(=O)OC)C(=O)OC)S(=O)(=O)c1ccccc1. The second kappa shape index (κ2) is 11.1. The van der Waals surface area contributed by atoms with Crippen molar-refractivity contribution in [1.82, 2.24) is 0 Å². The van der Waals surface area contributed by atoms with E-state index >= 15 is 0 Å². The van der Waals surface area contributed by atoms with Crippen LogP contribution in [-0.4, -0.2) is 47.7 Å². The van der Waals surface area contributed by atoms with Gasteiger partial charge in [-0.15, -0.1) is 5.73 Å². The molecule has 0 spiro atoms. The van der Waals surface area contributed by atoms with Crippen molar-refractivity contribution in [3.8, 4) is 0 Å². The minimum atomic E-state index is -4.08. The predicted molar refractivity (Wildman–Crippen MR) is 108 cm³/mol. The lowest BCUT2D eigenvalue weighted by Crippen LogP contribution is -2.42. The number of methoxy groups -OCH3 is 3. The van der Waals surface area contributed by atoms with E-state index in [9.17, 15) is 22.8 Å². The van der Waals surface area contributed by atoms with Gasteiger partial charge in [0.05, 0.1) is 31.1 Å². The zero-order chi connectivity index (χ0) is 22.8. The molecule has 0 radical (unpaired) electrons. The van der Waals surface area contributed by atoms with Crippen LogP contribution < -0.4 is 0 Å². The molecule has 0 atom stereocenters. The Morgan fingerprint density at radius 1 is 1.03 bits per heavy atom. The molecule has 0 heterocycles. The topological polar surface area (TPSA) is 113 Å². The highest BCUT2D eigenvalue weighted by Gasteiger charge is 2.50. The van der Waals surface area contributed by atoms with Gasteiger partial charge in [0.1, 0.15) is 0 Å². The van der Waals surface area contributed by atoms with Gasteiger partial charge in [-0.1, -0.05) is 30.9 Å². The normalized spacial score (nSPS) is 11.4. The van der Waals surface area contributed by atoms with E-state index in [-0.39, 0.29) is 22.6 Å². The van der Waals surface area contributed by atoms with Crippen LogP contribution in [0.4, 0.5) is 0 Å². The number of ether oxygens (including phenoxy) is 3. The molecule has 0 amide bonds. The minimum absolute atomic E-state index is 0.0367. The molecular formula is C21H24O8S. The third kappa shape index (κ3) is 5.68.